The van der Waals surface area contributed by atoms with Crippen LogP contribution in [-0.2, 0) is 4.79 Å². The van der Waals surface area contributed by atoms with E-state index < -0.39 is 0 Å². The number of hydrogen-bond donors (Lipinski definition) is 1. The molecular weight excluding hydrogens is 268 g/mol. The normalized spacial score (nSPS) is 35.4. The first-order valence-corrected chi connectivity index (χ1v) is 8.28. The number of benzene rings is 1. The van der Waals surface area contributed by atoms with Crippen LogP contribution in [0.1, 0.15) is 36.5 Å². The maximum atomic E-state index is 12.1. The Bertz CT molecular complexity index is 557. The highest BCUT2D eigenvalue weighted by Crippen LogP contribution is 2.45. The molecule has 2 bridgehead atoms. The predicted octanol–water partition coefficient (Wildman–Crippen LogP) is 3.14. The van der Waals surface area contributed by atoms with Crippen molar-refractivity contribution in [3.8, 4) is 0 Å². The Labute approximate surface area is 123 Å². The molecule has 0 saturated heterocycles. The first-order chi connectivity index (χ1) is 9.79. The lowest BCUT2D eigenvalue weighted by Crippen LogP contribution is -2.36. The van der Waals surface area contributed by atoms with E-state index in [4.69, 9.17) is 0 Å². The smallest absolute Gasteiger partial charge is 0.266 e. The molecule has 20 heavy (non-hydrogen) atoms. The maximum Gasteiger partial charge on any atom is 0.266 e. The van der Waals surface area contributed by atoms with Crippen molar-refractivity contribution in [1.82, 2.24) is 5.32 Å². The first-order valence-electron chi connectivity index (χ1n) is 7.40. The lowest BCUT2D eigenvalue weighted by molar-refractivity contribution is -0.117. The zero-order valence-electron chi connectivity index (χ0n) is 11.3. The lowest BCUT2D eigenvalue weighted by Gasteiger charge is -2.23. The Morgan fingerprint density at radius 3 is 2.70 bits per heavy atom. The molecule has 4 heteroatoms. The fraction of sp³-hybridized carbons (Fsp3) is 0.500. The zero-order chi connectivity index (χ0) is 13.5. The van der Waals surface area contributed by atoms with Gasteiger partial charge in [0.25, 0.3) is 5.91 Å². The van der Waals surface area contributed by atoms with Crippen LogP contribution in [0.3, 0.4) is 0 Å². The molecule has 4 rings (SSSR count). The first kappa shape index (κ1) is 12.5. The number of carbonyl (C=O) groups excluding carboxylic acids is 1. The number of nitrogens with zero attached hydrogens (tertiary/aromatic N) is 1. The Morgan fingerprint density at radius 2 is 2.00 bits per heavy atom. The third kappa shape index (κ3) is 2.16. The van der Waals surface area contributed by atoms with Crippen LogP contribution < -0.4 is 5.32 Å². The predicted molar refractivity (Wildman–Crippen MR) is 81.6 cm³/mol. The van der Waals surface area contributed by atoms with Crippen molar-refractivity contribution in [3.63, 3.8) is 0 Å². The summed E-state index contributed by atoms with van der Waals surface area (Å²) in [6.07, 6.45) is 5.37. The van der Waals surface area contributed by atoms with E-state index in [9.17, 15) is 4.79 Å². The lowest BCUT2D eigenvalue weighted by atomic mass is 9.96. The molecule has 1 aromatic carbocycles. The van der Waals surface area contributed by atoms with Crippen molar-refractivity contribution in [2.75, 3.05) is 0 Å². The summed E-state index contributed by atoms with van der Waals surface area (Å²) in [6.45, 7) is 0. The van der Waals surface area contributed by atoms with E-state index in [1.165, 1.54) is 25.7 Å². The summed E-state index contributed by atoms with van der Waals surface area (Å²) in [5.74, 6) is 1.69. The second-order valence-electron chi connectivity index (χ2n) is 6.09. The summed E-state index contributed by atoms with van der Waals surface area (Å²) in [6, 6.07) is 10.5. The van der Waals surface area contributed by atoms with Gasteiger partial charge in [0.2, 0.25) is 0 Å². The van der Waals surface area contributed by atoms with Gasteiger partial charge in [0.1, 0.15) is 5.25 Å². The Kier molecular flexibility index (Phi) is 3.06. The third-order valence-electron chi connectivity index (χ3n) is 4.81. The molecule has 1 aliphatic heterocycles. The molecule has 3 aliphatic rings. The van der Waals surface area contributed by atoms with Gasteiger partial charge < -0.3 is 5.32 Å². The molecule has 0 radical (unpaired) electrons. The van der Waals surface area contributed by atoms with E-state index in [0.29, 0.717) is 6.04 Å². The van der Waals surface area contributed by atoms with Gasteiger partial charge in [0.15, 0.2) is 5.17 Å². The van der Waals surface area contributed by atoms with Crippen molar-refractivity contribution < 1.29 is 4.79 Å². The van der Waals surface area contributed by atoms with Gasteiger partial charge in [-0.3, -0.25) is 4.79 Å². The van der Waals surface area contributed by atoms with E-state index in [0.717, 1.165) is 22.6 Å². The van der Waals surface area contributed by atoms with Crippen molar-refractivity contribution in [2.45, 2.75) is 37.0 Å². The largest absolute Gasteiger partial charge is 0.361 e. The van der Waals surface area contributed by atoms with Crippen molar-refractivity contribution >= 4 is 22.8 Å². The van der Waals surface area contributed by atoms with Gasteiger partial charge in [-0.2, -0.15) is 4.99 Å². The van der Waals surface area contributed by atoms with Crippen LogP contribution in [0.15, 0.2) is 35.3 Å². The topological polar surface area (TPSA) is 41.5 Å². The van der Waals surface area contributed by atoms with Crippen LogP contribution in [0, 0.1) is 11.8 Å². The summed E-state index contributed by atoms with van der Waals surface area (Å²) < 4.78 is 0. The molecule has 2 fully saturated rings. The molecule has 1 N–H and O–H groups in total. The number of hydrogen-bond acceptors (Lipinski definition) is 3. The van der Waals surface area contributed by atoms with Crippen molar-refractivity contribution in [2.24, 2.45) is 16.8 Å². The second kappa shape index (κ2) is 4.92. The highest BCUT2D eigenvalue weighted by atomic mass is 32.2. The Hall–Kier alpha value is -1.29. The summed E-state index contributed by atoms with van der Waals surface area (Å²) in [5, 5.41) is 4.21. The molecule has 0 spiro atoms. The summed E-state index contributed by atoms with van der Waals surface area (Å²) in [5.41, 5.74) is 1.05. The average Bonchev–Trinajstić information content (AvgIpc) is 3.16. The number of carbonyl (C=O) groups is 1. The fourth-order valence-electron chi connectivity index (χ4n) is 3.83. The van der Waals surface area contributed by atoms with E-state index in [1.807, 2.05) is 30.3 Å². The van der Waals surface area contributed by atoms with Crippen molar-refractivity contribution in [3.05, 3.63) is 35.9 Å². The SMILES string of the molecule is O=C1N=C(NC2CC3CCC2C3)SC1c1ccccc1. The minimum atomic E-state index is -0.155. The van der Waals surface area contributed by atoms with Gasteiger partial charge in [-0.05, 0) is 36.7 Å². The molecule has 2 saturated carbocycles. The number of fused-ring (bicyclic) bond motifs is 2. The van der Waals surface area contributed by atoms with Crippen LogP contribution >= 0.6 is 11.8 Å². The molecule has 4 atom stereocenters. The summed E-state index contributed by atoms with van der Waals surface area (Å²) in [7, 11) is 0. The van der Waals surface area contributed by atoms with Gasteiger partial charge in [0.05, 0.1) is 0 Å². The van der Waals surface area contributed by atoms with Crippen LogP contribution in [0.25, 0.3) is 0 Å². The third-order valence-corrected chi connectivity index (χ3v) is 5.96. The van der Waals surface area contributed by atoms with Crippen LogP contribution in [0.4, 0.5) is 0 Å². The molecule has 1 amide bonds. The van der Waals surface area contributed by atoms with Crippen LogP contribution in [0.5, 0.6) is 0 Å². The Morgan fingerprint density at radius 1 is 1.15 bits per heavy atom. The number of rotatable bonds is 2. The van der Waals surface area contributed by atoms with Gasteiger partial charge in [-0.25, -0.2) is 0 Å². The second-order valence-corrected chi connectivity index (χ2v) is 7.18. The Balaban J connectivity index is 1.44. The van der Waals surface area contributed by atoms with Gasteiger partial charge in [0, 0.05) is 6.04 Å². The minimum absolute atomic E-state index is 0.0214. The van der Waals surface area contributed by atoms with E-state index in [1.54, 1.807) is 11.8 Å². The van der Waals surface area contributed by atoms with Gasteiger partial charge in [-0.15, -0.1) is 0 Å². The molecule has 104 valence electrons. The molecule has 4 unspecified atom stereocenters. The quantitative estimate of drug-likeness (QED) is 0.908. The van der Waals surface area contributed by atoms with E-state index in [-0.39, 0.29) is 11.2 Å². The molecule has 2 aliphatic carbocycles. The van der Waals surface area contributed by atoms with Gasteiger partial charge in [-0.1, -0.05) is 48.5 Å². The van der Waals surface area contributed by atoms with Gasteiger partial charge >= 0.3 is 0 Å². The average molecular weight is 286 g/mol. The van der Waals surface area contributed by atoms with E-state index >= 15 is 0 Å². The monoisotopic (exact) mass is 286 g/mol. The number of aliphatic imine (C=N–C) groups is 1. The van der Waals surface area contributed by atoms with Crippen LogP contribution in [0.2, 0.25) is 0 Å². The van der Waals surface area contributed by atoms with Crippen LogP contribution in [-0.4, -0.2) is 17.1 Å². The minimum Gasteiger partial charge on any atom is -0.361 e. The number of amides is 1. The summed E-state index contributed by atoms with van der Waals surface area (Å²) in [4.78, 5) is 16.3. The standard InChI is InChI=1S/C16H18N2OS/c19-15-14(11-4-2-1-3-5-11)20-16(18-15)17-13-9-10-6-7-12(13)8-10/h1-5,10,12-14H,6-9H2,(H,17,18,19). The number of thioether (sulfide) groups is 1. The van der Waals surface area contributed by atoms with Crippen molar-refractivity contribution in [1.29, 1.82) is 0 Å². The highest BCUT2D eigenvalue weighted by Gasteiger charge is 2.41. The fourth-order valence-corrected chi connectivity index (χ4v) is 4.86. The molecular formula is C16H18N2OS. The number of nitrogens with one attached hydrogen (secondary N) is 1. The highest BCUT2D eigenvalue weighted by molar-refractivity contribution is 8.15. The summed E-state index contributed by atoms with van der Waals surface area (Å²) >= 11 is 1.58. The van der Waals surface area contributed by atoms with E-state index in [2.05, 4.69) is 10.3 Å². The number of amidine groups is 1. The molecule has 1 heterocycles. The zero-order valence-corrected chi connectivity index (χ0v) is 12.1. The molecule has 1 aromatic rings. The maximum absolute atomic E-state index is 12.1. The molecule has 0 aromatic heterocycles. The molecule has 3 nitrogen and oxygen atoms in total.